The Kier molecular flexibility index (Phi) is 7.16. The smallest absolute Gasteiger partial charge is 0.0700 e. The van der Waals surface area contributed by atoms with Gasteiger partial charge in [-0.15, -0.1) is 6.42 Å². The summed E-state index contributed by atoms with van der Waals surface area (Å²) >= 11 is 0. The fraction of sp³-hybridized carbons (Fsp3) is 0.750. The lowest BCUT2D eigenvalue weighted by molar-refractivity contribution is 0.0687. The molecular weight excluding hydrogens is 142 g/mol. The standard InChI is InChI=1S/C8H15NO2/c1-3-8(9)4-5-11-7-6-10-2/h1,8H,4-7,9H2,2H3. The van der Waals surface area contributed by atoms with E-state index < -0.39 is 0 Å². The minimum absolute atomic E-state index is 0.183. The number of rotatable bonds is 6. The third kappa shape index (κ3) is 7.34. The van der Waals surface area contributed by atoms with Crippen LogP contribution in [-0.2, 0) is 9.47 Å². The molecular formula is C8H15NO2. The highest BCUT2D eigenvalue weighted by Crippen LogP contribution is 1.87. The third-order valence-corrected chi connectivity index (χ3v) is 1.22. The molecule has 0 amide bonds. The average Bonchev–Trinajstić information content (AvgIpc) is 2.04. The van der Waals surface area contributed by atoms with Crippen molar-refractivity contribution in [3.05, 3.63) is 0 Å². The summed E-state index contributed by atoms with van der Waals surface area (Å²) in [6.45, 7) is 1.83. The molecule has 0 saturated heterocycles. The molecule has 0 heterocycles. The number of nitrogens with two attached hydrogens (primary N) is 1. The van der Waals surface area contributed by atoms with Crippen molar-refractivity contribution < 1.29 is 9.47 Å². The van der Waals surface area contributed by atoms with Gasteiger partial charge in [0, 0.05) is 13.7 Å². The summed E-state index contributed by atoms with van der Waals surface area (Å²) in [6.07, 6.45) is 5.77. The minimum atomic E-state index is -0.183. The predicted octanol–water partition coefficient (Wildman–Crippen LogP) is -0.000000000000000222. The van der Waals surface area contributed by atoms with Crippen molar-refractivity contribution in [2.24, 2.45) is 5.73 Å². The summed E-state index contributed by atoms with van der Waals surface area (Å²) in [4.78, 5) is 0. The number of terminal acetylenes is 1. The van der Waals surface area contributed by atoms with E-state index in [0.29, 0.717) is 26.2 Å². The normalized spacial score (nSPS) is 12.5. The van der Waals surface area contributed by atoms with Crippen molar-refractivity contribution in [2.75, 3.05) is 26.9 Å². The van der Waals surface area contributed by atoms with Crippen LogP contribution in [0.2, 0.25) is 0 Å². The van der Waals surface area contributed by atoms with Gasteiger partial charge in [-0.05, 0) is 6.42 Å². The molecule has 2 N–H and O–H groups in total. The molecule has 0 spiro atoms. The molecule has 0 aliphatic carbocycles. The van der Waals surface area contributed by atoms with Crippen LogP contribution in [0.1, 0.15) is 6.42 Å². The molecule has 11 heavy (non-hydrogen) atoms. The number of methoxy groups -OCH3 is 1. The fourth-order valence-corrected chi connectivity index (χ4v) is 0.538. The summed E-state index contributed by atoms with van der Waals surface area (Å²) in [7, 11) is 1.64. The molecule has 0 radical (unpaired) electrons. The van der Waals surface area contributed by atoms with Crippen LogP contribution in [0.25, 0.3) is 0 Å². The Morgan fingerprint density at radius 2 is 2.18 bits per heavy atom. The van der Waals surface area contributed by atoms with Crippen LogP contribution in [0.4, 0.5) is 0 Å². The lowest BCUT2D eigenvalue weighted by Crippen LogP contribution is -2.19. The van der Waals surface area contributed by atoms with Gasteiger partial charge >= 0.3 is 0 Å². The van der Waals surface area contributed by atoms with E-state index in [1.807, 2.05) is 0 Å². The van der Waals surface area contributed by atoms with Gasteiger partial charge in [0.1, 0.15) is 0 Å². The Hall–Kier alpha value is -0.560. The van der Waals surface area contributed by atoms with Crippen LogP contribution < -0.4 is 5.73 Å². The van der Waals surface area contributed by atoms with Crippen molar-refractivity contribution >= 4 is 0 Å². The molecule has 1 atom stereocenters. The summed E-state index contributed by atoms with van der Waals surface area (Å²) in [5, 5.41) is 0. The van der Waals surface area contributed by atoms with Gasteiger partial charge in [-0.3, -0.25) is 0 Å². The van der Waals surface area contributed by atoms with Crippen molar-refractivity contribution in [2.45, 2.75) is 12.5 Å². The first-order valence-corrected chi connectivity index (χ1v) is 3.59. The highest BCUT2D eigenvalue weighted by Gasteiger charge is 1.95. The Morgan fingerprint density at radius 1 is 1.45 bits per heavy atom. The van der Waals surface area contributed by atoms with Crippen LogP contribution >= 0.6 is 0 Å². The molecule has 0 aromatic carbocycles. The summed E-state index contributed by atoms with van der Waals surface area (Å²) < 4.78 is 9.92. The first-order valence-electron chi connectivity index (χ1n) is 3.59. The van der Waals surface area contributed by atoms with Crippen molar-refractivity contribution in [3.63, 3.8) is 0 Å². The van der Waals surface area contributed by atoms with Gasteiger partial charge in [-0.1, -0.05) is 5.92 Å². The maximum absolute atomic E-state index is 5.44. The molecule has 0 rings (SSSR count). The second-order valence-electron chi connectivity index (χ2n) is 2.17. The predicted molar refractivity (Wildman–Crippen MR) is 44.1 cm³/mol. The van der Waals surface area contributed by atoms with Gasteiger partial charge in [0.25, 0.3) is 0 Å². The zero-order chi connectivity index (χ0) is 8.53. The van der Waals surface area contributed by atoms with E-state index in [-0.39, 0.29) is 6.04 Å². The molecule has 0 aliphatic heterocycles. The lowest BCUT2D eigenvalue weighted by atomic mass is 10.2. The number of hydrogen-bond acceptors (Lipinski definition) is 3. The van der Waals surface area contributed by atoms with Gasteiger partial charge < -0.3 is 15.2 Å². The third-order valence-electron chi connectivity index (χ3n) is 1.22. The zero-order valence-corrected chi connectivity index (χ0v) is 6.88. The maximum atomic E-state index is 5.44. The first-order chi connectivity index (χ1) is 5.31. The Balaban J connectivity index is 2.97. The van der Waals surface area contributed by atoms with E-state index >= 15 is 0 Å². The zero-order valence-electron chi connectivity index (χ0n) is 6.88. The topological polar surface area (TPSA) is 44.5 Å². The SMILES string of the molecule is C#CC(N)CCOCCOC. The van der Waals surface area contributed by atoms with Crippen LogP contribution in [0.5, 0.6) is 0 Å². The van der Waals surface area contributed by atoms with E-state index in [1.54, 1.807) is 7.11 Å². The second-order valence-corrected chi connectivity index (χ2v) is 2.17. The average molecular weight is 157 g/mol. The van der Waals surface area contributed by atoms with Crippen molar-refractivity contribution in [1.29, 1.82) is 0 Å². The molecule has 0 bridgehead atoms. The molecule has 3 heteroatoms. The Labute approximate surface area is 67.9 Å². The van der Waals surface area contributed by atoms with E-state index in [0.717, 1.165) is 0 Å². The van der Waals surface area contributed by atoms with Gasteiger partial charge in [0.05, 0.1) is 19.3 Å². The van der Waals surface area contributed by atoms with E-state index in [1.165, 1.54) is 0 Å². The van der Waals surface area contributed by atoms with Crippen LogP contribution in [0.15, 0.2) is 0 Å². The van der Waals surface area contributed by atoms with Gasteiger partial charge in [0.15, 0.2) is 0 Å². The van der Waals surface area contributed by atoms with Crippen LogP contribution in [-0.4, -0.2) is 33.0 Å². The molecule has 64 valence electrons. The summed E-state index contributed by atoms with van der Waals surface area (Å²) in [6, 6.07) is -0.183. The van der Waals surface area contributed by atoms with E-state index in [4.69, 9.17) is 21.6 Å². The van der Waals surface area contributed by atoms with Crippen LogP contribution in [0.3, 0.4) is 0 Å². The second kappa shape index (κ2) is 7.55. The van der Waals surface area contributed by atoms with Gasteiger partial charge in [0.2, 0.25) is 0 Å². The molecule has 0 fully saturated rings. The number of hydrogen-bond donors (Lipinski definition) is 1. The molecule has 0 aromatic heterocycles. The highest BCUT2D eigenvalue weighted by molar-refractivity contribution is 4.96. The van der Waals surface area contributed by atoms with Crippen molar-refractivity contribution in [3.8, 4) is 12.3 Å². The monoisotopic (exact) mass is 157 g/mol. The lowest BCUT2D eigenvalue weighted by Gasteiger charge is -2.04. The summed E-state index contributed by atoms with van der Waals surface area (Å²) in [5.41, 5.74) is 5.44. The molecule has 0 aliphatic rings. The molecule has 0 aromatic rings. The van der Waals surface area contributed by atoms with Crippen LogP contribution in [0, 0.1) is 12.3 Å². The fourth-order valence-electron chi connectivity index (χ4n) is 0.538. The van der Waals surface area contributed by atoms with Gasteiger partial charge in [-0.2, -0.15) is 0 Å². The minimum Gasteiger partial charge on any atom is -0.382 e. The number of ether oxygens (including phenoxy) is 2. The molecule has 1 unspecified atom stereocenters. The maximum Gasteiger partial charge on any atom is 0.0700 e. The quantitative estimate of drug-likeness (QED) is 0.436. The summed E-state index contributed by atoms with van der Waals surface area (Å²) in [5.74, 6) is 2.42. The highest BCUT2D eigenvalue weighted by atomic mass is 16.5. The largest absolute Gasteiger partial charge is 0.382 e. The van der Waals surface area contributed by atoms with E-state index in [2.05, 4.69) is 5.92 Å². The molecule has 0 saturated carbocycles. The Morgan fingerprint density at radius 3 is 2.73 bits per heavy atom. The van der Waals surface area contributed by atoms with Crippen molar-refractivity contribution in [1.82, 2.24) is 0 Å². The molecule has 3 nitrogen and oxygen atoms in total. The first kappa shape index (κ1) is 10.4. The Bertz CT molecular complexity index is 120. The van der Waals surface area contributed by atoms with Gasteiger partial charge in [-0.25, -0.2) is 0 Å². The van der Waals surface area contributed by atoms with E-state index in [9.17, 15) is 0 Å².